The number of hydrogen-bond acceptors (Lipinski definition) is 4. The molecule has 6 nitrogen and oxygen atoms in total. The summed E-state index contributed by atoms with van der Waals surface area (Å²) in [6, 6.07) is 1.83. The Morgan fingerprint density at radius 3 is 2.90 bits per heavy atom. The first kappa shape index (κ1) is 14.5. The lowest BCUT2D eigenvalue weighted by atomic mass is 10.3. The number of nitrogens with zero attached hydrogens (tertiary/aromatic N) is 3. The molecule has 0 aliphatic heterocycles. The predicted molar refractivity (Wildman–Crippen MR) is 77.7 cm³/mol. The maximum atomic E-state index is 11.3. The number of aryl methyl sites for hydroxylation is 2. The molecule has 0 saturated heterocycles. The van der Waals surface area contributed by atoms with E-state index in [1.54, 1.807) is 0 Å². The van der Waals surface area contributed by atoms with Crippen LogP contribution in [0.2, 0.25) is 0 Å². The van der Waals surface area contributed by atoms with Crippen LogP contribution >= 0.6 is 0 Å². The van der Waals surface area contributed by atoms with Gasteiger partial charge in [-0.1, -0.05) is 0 Å². The monoisotopic (exact) mass is 275 g/mol. The molecule has 108 valence electrons. The molecule has 0 spiro atoms. The van der Waals surface area contributed by atoms with E-state index >= 15 is 0 Å². The van der Waals surface area contributed by atoms with Gasteiger partial charge in [-0.25, -0.2) is 9.97 Å². The van der Waals surface area contributed by atoms with E-state index in [0.29, 0.717) is 12.5 Å². The molecule has 2 N–H and O–H groups in total. The molecule has 1 atom stereocenters. The minimum absolute atomic E-state index is 0.0883. The molecule has 0 aliphatic carbocycles. The highest BCUT2D eigenvalue weighted by atomic mass is 16.1. The highest BCUT2D eigenvalue weighted by Crippen LogP contribution is 1.98. The number of H-pyrrole nitrogens is 1. The second-order valence-electron chi connectivity index (χ2n) is 5.07. The normalized spacial score (nSPS) is 12.6. The fourth-order valence-electron chi connectivity index (χ4n) is 2.15. The molecule has 2 aromatic heterocycles. The lowest BCUT2D eigenvalue weighted by molar-refractivity contribution is 0.472. The second kappa shape index (κ2) is 6.47. The van der Waals surface area contributed by atoms with Gasteiger partial charge in [0.05, 0.1) is 0 Å². The Hall–Kier alpha value is -1.95. The van der Waals surface area contributed by atoms with Crippen molar-refractivity contribution in [3.05, 3.63) is 46.2 Å². The average Bonchev–Trinajstić information content (AvgIpc) is 2.73. The van der Waals surface area contributed by atoms with Gasteiger partial charge in [0.1, 0.15) is 11.6 Å². The van der Waals surface area contributed by atoms with E-state index in [0.717, 1.165) is 30.4 Å². The predicted octanol–water partition coefficient (Wildman–Crippen LogP) is 0.804. The van der Waals surface area contributed by atoms with E-state index in [9.17, 15) is 4.79 Å². The summed E-state index contributed by atoms with van der Waals surface area (Å²) >= 11 is 0. The Balaban J connectivity index is 1.80. The Morgan fingerprint density at radius 2 is 2.25 bits per heavy atom. The first-order valence-corrected chi connectivity index (χ1v) is 6.82. The van der Waals surface area contributed by atoms with E-state index in [-0.39, 0.29) is 5.56 Å². The zero-order valence-electron chi connectivity index (χ0n) is 12.2. The summed E-state index contributed by atoms with van der Waals surface area (Å²) in [7, 11) is 0. The molecule has 0 radical (unpaired) electrons. The van der Waals surface area contributed by atoms with Crippen molar-refractivity contribution >= 4 is 0 Å². The minimum Gasteiger partial charge on any atom is -0.334 e. The molecule has 2 heterocycles. The van der Waals surface area contributed by atoms with Gasteiger partial charge in [-0.15, -0.1) is 0 Å². The summed E-state index contributed by atoms with van der Waals surface area (Å²) < 4.78 is 2.12. The third-order valence-electron chi connectivity index (χ3n) is 3.17. The third-order valence-corrected chi connectivity index (χ3v) is 3.17. The molecule has 0 aliphatic rings. The number of aromatic amines is 1. The van der Waals surface area contributed by atoms with E-state index in [2.05, 4.69) is 31.8 Å². The molecule has 6 heteroatoms. The summed E-state index contributed by atoms with van der Waals surface area (Å²) in [5, 5.41) is 3.42. The first-order chi connectivity index (χ1) is 9.54. The van der Waals surface area contributed by atoms with Gasteiger partial charge in [0.15, 0.2) is 0 Å². The largest absolute Gasteiger partial charge is 0.334 e. The van der Waals surface area contributed by atoms with Crippen LogP contribution in [0, 0.1) is 13.8 Å². The van der Waals surface area contributed by atoms with Gasteiger partial charge < -0.3 is 14.9 Å². The highest BCUT2D eigenvalue weighted by molar-refractivity contribution is 5.00. The van der Waals surface area contributed by atoms with Gasteiger partial charge in [0, 0.05) is 49.7 Å². The molecule has 2 rings (SSSR count). The lowest BCUT2D eigenvalue weighted by Crippen LogP contribution is -2.32. The average molecular weight is 275 g/mol. The maximum absolute atomic E-state index is 11.3. The number of hydrogen-bond donors (Lipinski definition) is 2. The van der Waals surface area contributed by atoms with Crippen molar-refractivity contribution < 1.29 is 0 Å². The number of imidazole rings is 1. The van der Waals surface area contributed by atoms with Crippen LogP contribution in [0.1, 0.15) is 24.3 Å². The van der Waals surface area contributed by atoms with E-state index < -0.39 is 0 Å². The third kappa shape index (κ3) is 4.03. The highest BCUT2D eigenvalue weighted by Gasteiger charge is 2.05. The molecule has 0 bridgehead atoms. The van der Waals surface area contributed by atoms with Crippen LogP contribution in [0.5, 0.6) is 0 Å². The summed E-state index contributed by atoms with van der Waals surface area (Å²) in [4.78, 5) is 22.6. The molecule has 20 heavy (non-hydrogen) atoms. The van der Waals surface area contributed by atoms with Crippen LogP contribution in [-0.2, 0) is 13.0 Å². The van der Waals surface area contributed by atoms with E-state index in [4.69, 9.17) is 0 Å². The topological polar surface area (TPSA) is 75.6 Å². The summed E-state index contributed by atoms with van der Waals surface area (Å²) in [5.41, 5.74) is 0.667. The van der Waals surface area contributed by atoms with Gasteiger partial charge in [0.25, 0.3) is 5.56 Å². The number of nitrogens with one attached hydrogen (secondary N) is 2. The van der Waals surface area contributed by atoms with Gasteiger partial charge in [-0.2, -0.15) is 0 Å². The molecular formula is C14H21N5O. The van der Waals surface area contributed by atoms with Crippen LogP contribution in [0.3, 0.4) is 0 Å². The van der Waals surface area contributed by atoms with Crippen molar-refractivity contribution in [1.29, 1.82) is 0 Å². The summed E-state index contributed by atoms with van der Waals surface area (Å²) in [6.45, 7) is 7.61. The first-order valence-electron chi connectivity index (χ1n) is 6.82. The van der Waals surface area contributed by atoms with Crippen molar-refractivity contribution in [3.8, 4) is 0 Å². The molecule has 1 unspecified atom stereocenters. The van der Waals surface area contributed by atoms with Gasteiger partial charge in [0.2, 0.25) is 0 Å². The van der Waals surface area contributed by atoms with Crippen LogP contribution in [0.4, 0.5) is 0 Å². The number of aromatic nitrogens is 4. The number of rotatable bonds is 6. The van der Waals surface area contributed by atoms with Gasteiger partial charge >= 0.3 is 0 Å². The van der Waals surface area contributed by atoms with Crippen molar-refractivity contribution in [2.24, 2.45) is 0 Å². The van der Waals surface area contributed by atoms with Crippen LogP contribution in [-0.4, -0.2) is 32.1 Å². The van der Waals surface area contributed by atoms with Crippen LogP contribution in [0.25, 0.3) is 0 Å². The smallest absolute Gasteiger partial charge is 0.251 e. The van der Waals surface area contributed by atoms with Crippen molar-refractivity contribution in [3.63, 3.8) is 0 Å². The van der Waals surface area contributed by atoms with Crippen LogP contribution < -0.4 is 10.9 Å². The Morgan fingerprint density at radius 1 is 1.45 bits per heavy atom. The van der Waals surface area contributed by atoms with Crippen LogP contribution in [0.15, 0.2) is 23.3 Å². The van der Waals surface area contributed by atoms with Crippen molar-refractivity contribution in [2.75, 3.05) is 6.54 Å². The standard InChI is InChI=1S/C14H21N5O/c1-10-8-14(20)18-13(17-10)4-5-15-11(2)9-19-7-6-16-12(19)3/h6-8,11,15H,4-5,9H2,1-3H3,(H,17,18,20). The fraction of sp³-hybridized carbons (Fsp3) is 0.500. The SMILES string of the molecule is Cc1cc(=O)[nH]c(CCNC(C)Cn2ccnc2C)n1. The van der Waals surface area contributed by atoms with Gasteiger partial charge in [-0.3, -0.25) is 4.79 Å². The maximum Gasteiger partial charge on any atom is 0.251 e. The molecule has 0 fully saturated rings. The summed E-state index contributed by atoms with van der Waals surface area (Å²) in [6.07, 6.45) is 4.50. The quantitative estimate of drug-likeness (QED) is 0.818. The minimum atomic E-state index is -0.0883. The Labute approximate surface area is 118 Å². The summed E-state index contributed by atoms with van der Waals surface area (Å²) in [5.74, 6) is 1.75. The van der Waals surface area contributed by atoms with Crippen molar-refractivity contribution in [1.82, 2.24) is 24.8 Å². The van der Waals surface area contributed by atoms with Gasteiger partial charge in [-0.05, 0) is 20.8 Å². The Kier molecular flexibility index (Phi) is 4.68. The van der Waals surface area contributed by atoms with E-state index in [1.807, 2.05) is 26.2 Å². The zero-order chi connectivity index (χ0) is 14.5. The Bertz CT molecular complexity index is 616. The van der Waals surface area contributed by atoms with Crippen molar-refractivity contribution in [2.45, 2.75) is 39.8 Å². The molecule has 0 saturated carbocycles. The van der Waals surface area contributed by atoms with E-state index in [1.165, 1.54) is 6.07 Å². The molecule has 2 aromatic rings. The molecule has 0 amide bonds. The molecule has 0 aromatic carbocycles. The fourth-order valence-corrected chi connectivity index (χ4v) is 2.15. The molecular weight excluding hydrogens is 254 g/mol. The zero-order valence-corrected chi connectivity index (χ0v) is 12.2. The lowest BCUT2D eigenvalue weighted by Gasteiger charge is -2.15. The second-order valence-corrected chi connectivity index (χ2v) is 5.07.